The Kier molecular flexibility index (Phi) is 11.5. The minimum atomic E-state index is -0.975. The van der Waals surface area contributed by atoms with Crippen molar-refractivity contribution in [3.8, 4) is 0 Å². The van der Waals surface area contributed by atoms with Gasteiger partial charge in [-0.25, -0.2) is 23.4 Å². The van der Waals surface area contributed by atoms with Crippen molar-refractivity contribution >= 4 is 52.1 Å². The summed E-state index contributed by atoms with van der Waals surface area (Å²) in [6, 6.07) is 8.09. The van der Waals surface area contributed by atoms with E-state index >= 15 is 0 Å². The Labute approximate surface area is 245 Å². The monoisotopic (exact) mass is 605 g/mol. The molecule has 0 aliphatic carbocycles. The molecular weight excluding hydrogens is 576 g/mol. The number of carbonyl (C=O) groups excluding carboxylic acids is 4. The van der Waals surface area contributed by atoms with Crippen molar-refractivity contribution in [3.05, 3.63) is 70.9 Å². The van der Waals surface area contributed by atoms with Gasteiger partial charge < -0.3 is 19.7 Å². The lowest BCUT2D eigenvalue weighted by Gasteiger charge is -2.27. The molecule has 0 bridgehead atoms. The average Bonchev–Trinajstić information content (AvgIpc) is 2.93. The predicted octanol–water partition coefficient (Wildman–Crippen LogP) is 3.99. The summed E-state index contributed by atoms with van der Waals surface area (Å²) in [6.45, 7) is -1.10. The SMILES string of the molecule is CN(C)CC(=O)OCC(=O)C[C@@H](COC(=O)Nc1cc2cc(F)ccc2cn1)N(C)C(=O)NCc1cccc(F)c1Cl. The molecular formula is C28H30ClF2N5O6. The number of hydrogen-bond donors (Lipinski definition) is 2. The van der Waals surface area contributed by atoms with Crippen LogP contribution in [0.25, 0.3) is 10.8 Å². The van der Waals surface area contributed by atoms with E-state index < -0.39 is 54.8 Å². The topological polar surface area (TPSA) is 130 Å². The van der Waals surface area contributed by atoms with E-state index in [0.717, 1.165) is 4.90 Å². The van der Waals surface area contributed by atoms with Gasteiger partial charge in [-0.15, -0.1) is 0 Å². The fourth-order valence-corrected chi connectivity index (χ4v) is 3.93. The first-order chi connectivity index (χ1) is 19.9. The normalized spacial score (nSPS) is 11.6. The van der Waals surface area contributed by atoms with E-state index in [2.05, 4.69) is 15.6 Å². The van der Waals surface area contributed by atoms with Crippen LogP contribution in [0.3, 0.4) is 0 Å². The van der Waals surface area contributed by atoms with Crippen molar-refractivity contribution in [3.63, 3.8) is 0 Å². The van der Waals surface area contributed by atoms with Gasteiger partial charge in [0.05, 0.1) is 17.6 Å². The van der Waals surface area contributed by atoms with E-state index in [1.807, 2.05) is 0 Å². The first kappa shape index (κ1) is 32.2. The highest BCUT2D eigenvalue weighted by Crippen LogP contribution is 2.20. The van der Waals surface area contributed by atoms with Gasteiger partial charge in [-0.1, -0.05) is 23.7 Å². The molecule has 14 heteroatoms. The van der Waals surface area contributed by atoms with Crippen molar-refractivity contribution in [1.82, 2.24) is 20.1 Å². The van der Waals surface area contributed by atoms with E-state index in [1.165, 1.54) is 49.6 Å². The summed E-state index contributed by atoms with van der Waals surface area (Å²) in [4.78, 5) is 56.6. The molecule has 2 N–H and O–H groups in total. The Morgan fingerprint density at radius 3 is 2.52 bits per heavy atom. The summed E-state index contributed by atoms with van der Waals surface area (Å²) in [6.07, 6.45) is 0.195. The number of ether oxygens (including phenoxy) is 2. The predicted molar refractivity (Wildman–Crippen MR) is 151 cm³/mol. The first-order valence-electron chi connectivity index (χ1n) is 12.7. The van der Waals surface area contributed by atoms with E-state index in [0.29, 0.717) is 16.3 Å². The van der Waals surface area contributed by atoms with Gasteiger partial charge in [0, 0.05) is 31.6 Å². The van der Waals surface area contributed by atoms with E-state index in [9.17, 15) is 28.0 Å². The molecule has 2 aromatic carbocycles. The number of esters is 1. The van der Waals surface area contributed by atoms with Gasteiger partial charge in [-0.3, -0.25) is 19.8 Å². The molecule has 224 valence electrons. The molecule has 0 unspecified atom stereocenters. The molecule has 1 atom stereocenters. The van der Waals surface area contributed by atoms with Crippen molar-refractivity contribution in [1.29, 1.82) is 0 Å². The van der Waals surface area contributed by atoms with Gasteiger partial charge in [0.25, 0.3) is 0 Å². The highest BCUT2D eigenvalue weighted by molar-refractivity contribution is 6.31. The lowest BCUT2D eigenvalue weighted by molar-refractivity contribution is -0.148. The number of aromatic nitrogens is 1. The molecule has 3 amide bonds. The number of hydrogen-bond acceptors (Lipinski definition) is 8. The smallest absolute Gasteiger partial charge is 0.412 e. The highest BCUT2D eigenvalue weighted by Gasteiger charge is 2.25. The van der Waals surface area contributed by atoms with E-state index in [4.69, 9.17) is 21.1 Å². The quantitative estimate of drug-likeness (QED) is 0.297. The minimum absolute atomic E-state index is 0.0274. The van der Waals surface area contributed by atoms with Crippen molar-refractivity contribution in [2.24, 2.45) is 0 Å². The number of likely N-dealkylation sites (N-methyl/N-ethyl adjacent to an activating group) is 2. The molecule has 1 heterocycles. The third-order valence-electron chi connectivity index (χ3n) is 5.95. The molecule has 3 aromatic rings. The van der Waals surface area contributed by atoms with Crippen molar-refractivity contribution in [2.45, 2.75) is 19.0 Å². The number of urea groups is 1. The van der Waals surface area contributed by atoms with Crippen LogP contribution in [0.5, 0.6) is 0 Å². The molecule has 11 nitrogen and oxygen atoms in total. The number of rotatable bonds is 12. The maximum atomic E-state index is 13.8. The number of nitrogens with zero attached hydrogens (tertiary/aromatic N) is 3. The molecule has 42 heavy (non-hydrogen) atoms. The number of benzene rings is 2. The first-order valence-corrected chi connectivity index (χ1v) is 13.1. The molecule has 0 saturated heterocycles. The van der Waals surface area contributed by atoms with Crippen LogP contribution in [-0.4, -0.2) is 85.6 Å². The number of anilines is 1. The van der Waals surface area contributed by atoms with E-state index in [1.54, 1.807) is 25.1 Å². The molecule has 0 fully saturated rings. The molecule has 0 aliphatic rings. The minimum Gasteiger partial charge on any atom is -0.457 e. The summed E-state index contributed by atoms with van der Waals surface area (Å²) in [7, 11) is 4.70. The van der Waals surface area contributed by atoms with Crippen LogP contribution in [-0.2, 0) is 25.6 Å². The van der Waals surface area contributed by atoms with Crippen LogP contribution < -0.4 is 10.6 Å². The second kappa shape index (κ2) is 15.0. The average molecular weight is 606 g/mol. The highest BCUT2D eigenvalue weighted by atomic mass is 35.5. The number of amides is 3. The Balaban J connectivity index is 1.65. The van der Waals surface area contributed by atoms with Crippen molar-refractivity contribution < 1.29 is 37.4 Å². The molecule has 3 rings (SSSR count). The second-order valence-electron chi connectivity index (χ2n) is 9.56. The van der Waals surface area contributed by atoms with Gasteiger partial charge in [0.15, 0.2) is 5.78 Å². The van der Waals surface area contributed by atoms with Gasteiger partial charge >= 0.3 is 18.1 Å². The molecule has 0 aliphatic heterocycles. The third kappa shape index (κ3) is 9.63. The number of halogens is 3. The fourth-order valence-electron chi connectivity index (χ4n) is 3.73. The zero-order chi connectivity index (χ0) is 30.8. The summed E-state index contributed by atoms with van der Waals surface area (Å²) in [5.74, 6) is -2.14. The second-order valence-corrected chi connectivity index (χ2v) is 9.94. The molecule has 0 radical (unpaired) electrons. The summed E-state index contributed by atoms with van der Waals surface area (Å²) < 4.78 is 37.6. The Hall–Kier alpha value is -4.36. The van der Waals surface area contributed by atoms with Crippen LogP contribution >= 0.6 is 11.6 Å². The number of fused-ring (bicyclic) bond motifs is 1. The number of ketones is 1. The van der Waals surface area contributed by atoms with Crippen molar-refractivity contribution in [2.75, 3.05) is 46.2 Å². The Morgan fingerprint density at radius 2 is 1.79 bits per heavy atom. The standard InChI is InChI=1S/C28H30ClF2N5O6/c1-35(2)14-25(38)41-16-22(37)11-21(36(3)27(39)33-13-18-5-4-6-23(31)26(18)29)15-42-28(40)34-24-10-19-9-20(30)8-7-17(19)12-32-24/h4-10,12,21H,11,13-16H2,1-3H3,(H,33,39)(H,32,34,40)/t21-/m0/s1. The number of nitrogens with one attached hydrogen (secondary N) is 2. The summed E-state index contributed by atoms with van der Waals surface area (Å²) >= 11 is 5.95. The molecule has 0 spiro atoms. The maximum Gasteiger partial charge on any atom is 0.412 e. The van der Waals surface area contributed by atoms with Crippen LogP contribution in [0.2, 0.25) is 5.02 Å². The number of Topliss-reactive ketones (excluding diaryl/α,β-unsaturated/α-hetero) is 1. The maximum absolute atomic E-state index is 13.8. The van der Waals surface area contributed by atoms with Crippen LogP contribution in [0.4, 0.5) is 24.2 Å². The number of pyridine rings is 1. The van der Waals surface area contributed by atoms with E-state index in [-0.39, 0.29) is 30.4 Å². The van der Waals surface area contributed by atoms with Gasteiger partial charge in [-0.05, 0) is 55.4 Å². The largest absolute Gasteiger partial charge is 0.457 e. The Morgan fingerprint density at radius 1 is 1.02 bits per heavy atom. The molecule has 0 saturated carbocycles. The summed E-state index contributed by atoms with van der Waals surface area (Å²) in [5, 5.41) is 6.02. The van der Waals surface area contributed by atoms with Gasteiger partial charge in [0.1, 0.15) is 30.7 Å². The summed E-state index contributed by atoms with van der Waals surface area (Å²) in [5.41, 5.74) is 0.331. The lowest BCUT2D eigenvalue weighted by atomic mass is 10.1. The van der Waals surface area contributed by atoms with Gasteiger partial charge in [-0.2, -0.15) is 0 Å². The third-order valence-corrected chi connectivity index (χ3v) is 6.38. The van der Waals surface area contributed by atoms with Crippen LogP contribution in [0.1, 0.15) is 12.0 Å². The Bertz CT molecular complexity index is 1460. The zero-order valence-electron chi connectivity index (χ0n) is 23.2. The van der Waals surface area contributed by atoms with Crippen LogP contribution in [0, 0.1) is 11.6 Å². The lowest BCUT2D eigenvalue weighted by Crippen LogP contribution is -2.47. The number of carbonyl (C=O) groups is 4. The van der Waals surface area contributed by atoms with Crippen LogP contribution in [0.15, 0.2) is 48.7 Å². The zero-order valence-corrected chi connectivity index (χ0v) is 23.9. The molecule has 1 aromatic heterocycles. The van der Waals surface area contributed by atoms with Gasteiger partial charge in [0.2, 0.25) is 0 Å². The fraction of sp³-hybridized carbons (Fsp3) is 0.321.